The summed E-state index contributed by atoms with van der Waals surface area (Å²) in [7, 11) is 0. The van der Waals surface area contributed by atoms with Gasteiger partial charge >= 0.3 is 12.2 Å². The molecule has 2 aromatic carbocycles. The number of aldehydes is 1. The molecule has 41 heavy (non-hydrogen) atoms. The van der Waals surface area contributed by atoms with Gasteiger partial charge in [0, 0.05) is 34.3 Å². The van der Waals surface area contributed by atoms with Gasteiger partial charge in [-0.1, -0.05) is 34.1 Å². The number of nitrogens with zero attached hydrogens (tertiary/aromatic N) is 2. The van der Waals surface area contributed by atoms with Crippen LogP contribution in [-0.2, 0) is 34.4 Å². The Morgan fingerprint density at radius 2 is 1.20 bits per heavy atom. The molecule has 0 fully saturated rings. The summed E-state index contributed by atoms with van der Waals surface area (Å²) in [5.74, 6) is -6.28. The third kappa shape index (κ3) is 8.43. The van der Waals surface area contributed by atoms with Gasteiger partial charge in [-0.2, -0.15) is 17.6 Å². The van der Waals surface area contributed by atoms with Crippen LogP contribution in [0.1, 0.15) is 74.2 Å². The van der Waals surface area contributed by atoms with Gasteiger partial charge in [-0.3, -0.25) is 14.6 Å². The van der Waals surface area contributed by atoms with E-state index >= 15 is 0 Å². The molecule has 0 unspecified atom stereocenters. The maximum atomic E-state index is 14.2. The van der Waals surface area contributed by atoms with Crippen LogP contribution in [0.3, 0.4) is 0 Å². The minimum atomic E-state index is -3.20. The zero-order valence-electron chi connectivity index (χ0n) is 23.7. The summed E-state index contributed by atoms with van der Waals surface area (Å²) >= 11 is 3.19. The summed E-state index contributed by atoms with van der Waals surface area (Å²) in [5, 5.41) is 0. The van der Waals surface area contributed by atoms with Gasteiger partial charge in [0.05, 0.1) is 13.1 Å². The highest BCUT2D eigenvalue weighted by Gasteiger charge is 2.44. The number of ether oxygens (including phenoxy) is 2. The molecule has 2 aliphatic heterocycles. The van der Waals surface area contributed by atoms with E-state index in [0.29, 0.717) is 21.9 Å². The highest BCUT2D eigenvalue weighted by molar-refractivity contribution is 9.10. The van der Waals surface area contributed by atoms with E-state index in [1.54, 1.807) is 53.7 Å². The molecule has 2 aliphatic rings. The summed E-state index contributed by atoms with van der Waals surface area (Å²) in [4.78, 5) is 36.6. The Labute approximate surface area is 244 Å². The van der Waals surface area contributed by atoms with Crippen molar-refractivity contribution in [2.75, 3.05) is 13.1 Å². The number of benzene rings is 2. The molecule has 7 nitrogen and oxygen atoms in total. The van der Waals surface area contributed by atoms with Gasteiger partial charge in [-0.05, 0) is 70.9 Å². The smallest absolute Gasteiger partial charge is 0.410 e. The number of hydrogen-bond donors (Lipinski definition) is 0. The molecule has 2 amide bonds. The SMILES string of the molecule is CC(C)(C)OC(=O)N1Cc2ccc(Br)cc2C(F)(F)C1.CC(C)(C)OC(=O)N1Cc2ccc(C=O)cc2C(F)(F)C1. The fraction of sp³-hybridized carbons (Fsp3) is 0.483. The quantitative estimate of drug-likeness (QED) is 0.236. The van der Waals surface area contributed by atoms with E-state index < -0.39 is 48.3 Å². The summed E-state index contributed by atoms with van der Waals surface area (Å²) in [5.41, 5.74) is -0.726. The Bertz CT molecular complexity index is 1320. The van der Waals surface area contributed by atoms with Gasteiger partial charge in [0.15, 0.2) is 0 Å². The number of amides is 2. The first-order chi connectivity index (χ1) is 18.7. The van der Waals surface area contributed by atoms with Crippen molar-refractivity contribution in [3.8, 4) is 0 Å². The van der Waals surface area contributed by atoms with E-state index in [1.807, 2.05) is 0 Å². The zero-order valence-corrected chi connectivity index (χ0v) is 25.3. The zero-order chi connectivity index (χ0) is 31.0. The first-order valence-electron chi connectivity index (χ1n) is 12.8. The molecule has 0 radical (unpaired) electrons. The van der Waals surface area contributed by atoms with Crippen molar-refractivity contribution in [2.24, 2.45) is 0 Å². The van der Waals surface area contributed by atoms with Crippen LogP contribution in [0.15, 0.2) is 40.9 Å². The number of carbonyl (C=O) groups is 3. The van der Waals surface area contributed by atoms with Crippen molar-refractivity contribution >= 4 is 34.4 Å². The van der Waals surface area contributed by atoms with E-state index in [9.17, 15) is 31.9 Å². The minimum absolute atomic E-state index is 0.0355. The summed E-state index contributed by atoms with van der Waals surface area (Å²) in [6.07, 6.45) is -0.964. The van der Waals surface area contributed by atoms with Crippen LogP contribution in [0.25, 0.3) is 0 Å². The fourth-order valence-electron chi connectivity index (χ4n) is 4.26. The number of alkyl halides is 4. The third-order valence-electron chi connectivity index (χ3n) is 5.93. The Morgan fingerprint density at radius 1 is 0.780 bits per heavy atom. The molecule has 0 saturated heterocycles. The topological polar surface area (TPSA) is 76.2 Å². The molecule has 0 saturated carbocycles. The average molecular weight is 645 g/mol. The lowest BCUT2D eigenvalue weighted by Gasteiger charge is -2.35. The van der Waals surface area contributed by atoms with E-state index in [-0.39, 0.29) is 29.8 Å². The van der Waals surface area contributed by atoms with Crippen LogP contribution in [0.2, 0.25) is 0 Å². The van der Waals surface area contributed by atoms with Crippen molar-refractivity contribution in [1.29, 1.82) is 0 Å². The van der Waals surface area contributed by atoms with E-state index in [4.69, 9.17) is 9.47 Å². The lowest BCUT2D eigenvalue weighted by molar-refractivity contribution is -0.0592. The highest BCUT2D eigenvalue weighted by Crippen LogP contribution is 2.39. The van der Waals surface area contributed by atoms with E-state index in [0.717, 1.165) is 9.80 Å². The average Bonchev–Trinajstić information content (AvgIpc) is 2.82. The number of halogens is 5. The molecular formula is C29H33BrF4N2O5. The maximum Gasteiger partial charge on any atom is 0.410 e. The standard InChI is InChI=1S/C15H17F2NO3.C14H16BrF2NO2/c1-14(2,3)21-13(20)18-7-11-5-4-10(8-19)6-12(11)15(16,17)9-18;1-13(2,3)20-12(19)18-7-9-4-5-10(15)6-11(9)14(16,17)8-18/h4-6,8H,7,9H2,1-3H3;4-6H,7-8H2,1-3H3. The Balaban J connectivity index is 0.000000226. The molecule has 0 bridgehead atoms. The molecule has 12 heteroatoms. The Kier molecular flexibility index (Phi) is 9.17. The number of hydrogen-bond acceptors (Lipinski definition) is 5. The van der Waals surface area contributed by atoms with Gasteiger partial charge in [0.2, 0.25) is 0 Å². The monoisotopic (exact) mass is 644 g/mol. The molecule has 0 aliphatic carbocycles. The van der Waals surface area contributed by atoms with Crippen LogP contribution in [0.5, 0.6) is 0 Å². The molecule has 2 aromatic rings. The second-order valence-corrected chi connectivity index (χ2v) is 12.8. The summed E-state index contributed by atoms with van der Waals surface area (Å²) in [6, 6.07) is 8.78. The maximum absolute atomic E-state index is 14.2. The van der Waals surface area contributed by atoms with Crippen LogP contribution in [0, 0.1) is 0 Å². The number of fused-ring (bicyclic) bond motifs is 2. The second-order valence-electron chi connectivity index (χ2n) is 11.9. The van der Waals surface area contributed by atoms with Gasteiger partial charge in [-0.15, -0.1) is 0 Å². The lowest BCUT2D eigenvalue weighted by atomic mass is 9.95. The second kappa shape index (κ2) is 11.6. The molecule has 0 N–H and O–H groups in total. The van der Waals surface area contributed by atoms with Crippen molar-refractivity contribution in [1.82, 2.24) is 9.80 Å². The molecule has 2 heterocycles. The van der Waals surface area contributed by atoms with Gasteiger partial charge in [0.25, 0.3) is 11.8 Å². The van der Waals surface area contributed by atoms with Crippen LogP contribution < -0.4 is 0 Å². The number of carbonyl (C=O) groups excluding carboxylic acids is 3. The molecule has 4 rings (SSSR count). The van der Waals surface area contributed by atoms with Crippen LogP contribution in [0.4, 0.5) is 27.2 Å². The molecular weight excluding hydrogens is 612 g/mol. The normalized spacial score (nSPS) is 17.3. The van der Waals surface area contributed by atoms with Gasteiger partial charge < -0.3 is 9.47 Å². The summed E-state index contributed by atoms with van der Waals surface area (Å²) in [6.45, 7) is 8.91. The van der Waals surface area contributed by atoms with Gasteiger partial charge in [0.1, 0.15) is 17.5 Å². The van der Waals surface area contributed by atoms with Crippen molar-refractivity contribution in [3.63, 3.8) is 0 Å². The van der Waals surface area contributed by atoms with Crippen molar-refractivity contribution in [2.45, 2.75) is 77.7 Å². The van der Waals surface area contributed by atoms with Crippen LogP contribution >= 0.6 is 15.9 Å². The van der Waals surface area contributed by atoms with E-state index in [1.165, 1.54) is 24.3 Å². The Hall–Kier alpha value is -3.15. The molecule has 0 atom stereocenters. The van der Waals surface area contributed by atoms with Crippen molar-refractivity contribution < 1.29 is 41.4 Å². The third-order valence-corrected chi connectivity index (χ3v) is 6.43. The molecule has 0 aromatic heterocycles. The number of rotatable bonds is 1. The first kappa shape index (κ1) is 32.4. The predicted molar refractivity (Wildman–Crippen MR) is 147 cm³/mol. The fourth-order valence-corrected chi connectivity index (χ4v) is 4.62. The van der Waals surface area contributed by atoms with Gasteiger partial charge in [-0.25, -0.2) is 9.59 Å². The largest absolute Gasteiger partial charge is 0.444 e. The first-order valence-corrected chi connectivity index (χ1v) is 13.6. The van der Waals surface area contributed by atoms with Crippen molar-refractivity contribution in [3.05, 3.63) is 68.7 Å². The molecule has 0 spiro atoms. The minimum Gasteiger partial charge on any atom is -0.444 e. The lowest BCUT2D eigenvalue weighted by Crippen LogP contribution is -2.45. The summed E-state index contributed by atoms with van der Waals surface area (Å²) < 4.78 is 67.6. The molecule has 224 valence electrons. The Morgan fingerprint density at radius 3 is 1.61 bits per heavy atom. The van der Waals surface area contributed by atoms with Crippen LogP contribution in [-0.4, -0.2) is 52.6 Å². The van der Waals surface area contributed by atoms with E-state index in [2.05, 4.69) is 15.9 Å². The predicted octanol–water partition coefficient (Wildman–Crippen LogP) is 7.63. The highest BCUT2D eigenvalue weighted by atomic mass is 79.9.